The van der Waals surface area contributed by atoms with E-state index in [1.165, 1.54) is 137 Å². The van der Waals surface area contributed by atoms with Gasteiger partial charge in [0, 0.05) is 0 Å². The summed E-state index contributed by atoms with van der Waals surface area (Å²) in [5, 5.41) is 0. The molecule has 0 heterocycles. The molecule has 47 heavy (non-hydrogen) atoms. The number of unbranched alkanes of at least 4 members (excludes halogenated alkanes) is 13. The van der Waals surface area contributed by atoms with Crippen molar-refractivity contribution in [2.45, 2.75) is 189 Å². The van der Waals surface area contributed by atoms with E-state index in [0.717, 1.165) is 56.3 Å². The molecule has 0 aromatic heterocycles. The van der Waals surface area contributed by atoms with E-state index >= 15 is 0 Å². The monoisotopic (exact) mass is 641 g/mol. The third-order valence-electron chi connectivity index (χ3n) is 9.38. The lowest BCUT2D eigenvalue weighted by atomic mass is 9.97. The maximum absolute atomic E-state index is 5.42. The van der Waals surface area contributed by atoms with Crippen molar-refractivity contribution in [2.75, 3.05) is 0 Å². The van der Waals surface area contributed by atoms with Crippen molar-refractivity contribution in [2.24, 2.45) is 9.98 Å². The summed E-state index contributed by atoms with van der Waals surface area (Å²) in [5.41, 5.74) is 9.04. The molecule has 0 bridgehead atoms. The molecule has 2 aromatic rings. The predicted molar refractivity (Wildman–Crippen MR) is 213 cm³/mol. The number of para-hydroxylation sites is 1. The molecule has 2 rings (SSSR count). The van der Waals surface area contributed by atoms with E-state index in [4.69, 9.17) is 9.98 Å². The van der Waals surface area contributed by atoms with Crippen molar-refractivity contribution in [3.05, 3.63) is 71.3 Å². The second-order valence-corrected chi connectivity index (χ2v) is 13.7. The highest BCUT2D eigenvalue weighted by Gasteiger charge is 2.13. The third kappa shape index (κ3) is 18.0. The molecule has 0 atom stereocenters. The van der Waals surface area contributed by atoms with Crippen molar-refractivity contribution in [1.29, 1.82) is 0 Å². The van der Waals surface area contributed by atoms with Crippen LogP contribution in [0.5, 0.6) is 0 Å². The Labute approximate surface area is 292 Å². The summed E-state index contributed by atoms with van der Waals surface area (Å²) >= 11 is 0. The first kappa shape index (κ1) is 40.7. The molecule has 0 saturated carbocycles. The summed E-state index contributed by atoms with van der Waals surface area (Å²) in [6, 6.07) is 15.9. The number of benzene rings is 2. The van der Waals surface area contributed by atoms with Crippen LogP contribution in [-0.2, 0) is 19.3 Å². The van der Waals surface area contributed by atoms with Gasteiger partial charge in [0.05, 0.1) is 22.8 Å². The number of rotatable bonds is 28. The van der Waals surface area contributed by atoms with Crippen LogP contribution in [0.1, 0.15) is 186 Å². The SMILES string of the molecule is CCCCCCCCCCC=CCCCc1ccccc1N=C(CCCC)C(CCCC)=Nc1ccc(CCCC)c(CCCC)c1. The Balaban J connectivity index is 2.15. The van der Waals surface area contributed by atoms with Gasteiger partial charge in [-0.05, 0) is 118 Å². The van der Waals surface area contributed by atoms with Gasteiger partial charge < -0.3 is 0 Å². The van der Waals surface area contributed by atoms with E-state index in [1.54, 1.807) is 0 Å². The van der Waals surface area contributed by atoms with Gasteiger partial charge in [0.2, 0.25) is 0 Å². The van der Waals surface area contributed by atoms with Gasteiger partial charge in [0.15, 0.2) is 0 Å². The Morgan fingerprint density at radius 3 is 1.66 bits per heavy atom. The maximum atomic E-state index is 5.42. The molecular weight excluding hydrogens is 569 g/mol. The lowest BCUT2D eigenvalue weighted by Gasteiger charge is -2.14. The quantitative estimate of drug-likeness (QED) is 0.0502. The van der Waals surface area contributed by atoms with Gasteiger partial charge in [-0.1, -0.05) is 142 Å². The highest BCUT2D eigenvalue weighted by Crippen LogP contribution is 2.26. The zero-order valence-electron chi connectivity index (χ0n) is 31.6. The Hall–Kier alpha value is -2.48. The van der Waals surface area contributed by atoms with Gasteiger partial charge in [0.1, 0.15) is 0 Å². The number of hydrogen-bond acceptors (Lipinski definition) is 2. The average molecular weight is 641 g/mol. The Bertz CT molecular complexity index is 1150. The lowest BCUT2D eigenvalue weighted by molar-refractivity contribution is 0.577. The van der Waals surface area contributed by atoms with E-state index in [9.17, 15) is 0 Å². The van der Waals surface area contributed by atoms with Gasteiger partial charge in [0.25, 0.3) is 0 Å². The van der Waals surface area contributed by atoms with Gasteiger partial charge >= 0.3 is 0 Å². The molecule has 0 aliphatic carbocycles. The van der Waals surface area contributed by atoms with Crippen LogP contribution >= 0.6 is 0 Å². The highest BCUT2D eigenvalue weighted by atomic mass is 14.8. The van der Waals surface area contributed by atoms with Crippen LogP contribution in [0.2, 0.25) is 0 Å². The smallest absolute Gasteiger partial charge is 0.0665 e. The van der Waals surface area contributed by atoms with Gasteiger partial charge in [-0.3, -0.25) is 9.98 Å². The molecule has 0 spiro atoms. The number of aryl methyl sites for hydroxylation is 3. The summed E-state index contributed by atoms with van der Waals surface area (Å²) < 4.78 is 0. The van der Waals surface area contributed by atoms with Crippen molar-refractivity contribution in [3.63, 3.8) is 0 Å². The Kier molecular flexibility index (Phi) is 23.8. The van der Waals surface area contributed by atoms with E-state index in [0.29, 0.717) is 0 Å². The summed E-state index contributed by atoms with van der Waals surface area (Å²) in [5.74, 6) is 0. The molecule has 0 fully saturated rings. The van der Waals surface area contributed by atoms with Crippen molar-refractivity contribution < 1.29 is 0 Å². The van der Waals surface area contributed by atoms with Gasteiger partial charge in [-0.15, -0.1) is 0 Å². The van der Waals surface area contributed by atoms with E-state index in [1.807, 2.05) is 0 Å². The van der Waals surface area contributed by atoms with Crippen LogP contribution in [0.15, 0.2) is 64.6 Å². The van der Waals surface area contributed by atoms with Crippen LogP contribution in [0.25, 0.3) is 0 Å². The predicted octanol–water partition coefficient (Wildman–Crippen LogP) is 15.0. The molecular formula is C45H72N2. The Morgan fingerprint density at radius 2 is 1.00 bits per heavy atom. The van der Waals surface area contributed by atoms with Crippen molar-refractivity contribution >= 4 is 22.8 Å². The van der Waals surface area contributed by atoms with E-state index in [-0.39, 0.29) is 0 Å². The fourth-order valence-electron chi connectivity index (χ4n) is 6.29. The largest absolute Gasteiger partial charge is 0.252 e. The van der Waals surface area contributed by atoms with Gasteiger partial charge in [-0.25, -0.2) is 0 Å². The zero-order chi connectivity index (χ0) is 33.8. The first-order valence-corrected chi connectivity index (χ1v) is 20.2. The second kappa shape index (κ2) is 27.5. The fourth-order valence-corrected chi connectivity index (χ4v) is 6.29. The molecule has 0 N–H and O–H groups in total. The summed E-state index contributed by atoms with van der Waals surface area (Å²) in [7, 11) is 0. The number of aliphatic imine (C=N–C) groups is 2. The third-order valence-corrected chi connectivity index (χ3v) is 9.38. The summed E-state index contributed by atoms with van der Waals surface area (Å²) in [6.45, 7) is 11.4. The summed E-state index contributed by atoms with van der Waals surface area (Å²) in [6.07, 6.45) is 34.5. The minimum atomic E-state index is 0.992. The molecule has 0 aliphatic rings. The average Bonchev–Trinajstić information content (AvgIpc) is 3.09. The molecule has 262 valence electrons. The molecule has 0 aliphatic heterocycles. The number of hydrogen-bond donors (Lipinski definition) is 0. The topological polar surface area (TPSA) is 24.7 Å². The second-order valence-electron chi connectivity index (χ2n) is 13.7. The normalized spacial score (nSPS) is 12.4. The molecule has 2 nitrogen and oxygen atoms in total. The zero-order valence-corrected chi connectivity index (χ0v) is 31.6. The number of allylic oxidation sites excluding steroid dienone is 2. The standard InChI is InChI=1S/C45H72N2/c1-6-11-16-17-18-19-20-21-22-23-24-25-26-31-40-32-27-28-35-43(40)47-45(34-15-10-5)44(33-14-9-4)46-42-37-36-39(29-12-7-2)41(38-42)30-13-8-3/h23-24,27-28,32,35-38H,6-22,25-26,29-31,33-34H2,1-5H3. The van der Waals surface area contributed by atoms with Gasteiger partial charge in [-0.2, -0.15) is 0 Å². The molecule has 0 radical (unpaired) electrons. The van der Waals surface area contributed by atoms with Crippen LogP contribution < -0.4 is 0 Å². The first-order chi connectivity index (χ1) is 23.2. The minimum Gasteiger partial charge on any atom is -0.252 e. The lowest BCUT2D eigenvalue weighted by Crippen LogP contribution is -2.14. The molecule has 2 heteroatoms. The molecule has 0 amide bonds. The molecule has 0 saturated heterocycles. The van der Waals surface area contributed by atoms with Crippen LogP contribution in [0.3, 0.4) is 0 Å². The van der Waals surface area contributed by atoms with Crippen LogP contribution in [0, 0.1) is 0 Å². The molecule has 2 aromatic carbocycles. The number of nitrogens with zero attached hydrogens (tertiary/aromatic N) is 2. The van der Waals surface area contributed by atoms with E-state index in [2.05, 4.69) is 89.2 Å². The van der Waals surface area contributed by atoms with Crippen molar-refractivity contribution in [3.8, 4) is 0 Å². The first-order valence-electron chi connectivity index (χ1n) is 20.2. The van der Waals surface area contributed by atoms with E-state index < -0.39 is 0 Å². The molecule has 0 unspecified atom stereocenters. The summed E-state index contributed by atoms with van der Waals surface area (Å²) in [4.78, 5) is 10.8. The minimum absolute atomic E-state index is 0.992. The van der Waals surface area contributed by atoms with Crippen LogP contribution in [0.4, 0.5) is 11.4 Å². The maximum Gasteiger partial charge on any atom is 0.0665 e. The Morgan fingerprint density at radius 1 is 0.468 bits per heavy atom. The van der Waals surface area contributed by atoms with Crippen LogP contribution in [-0.4, -0.2) is 11.4 Å². The fraction of sp³-hybridized carbons (Fsp3) is 0.644. The van der Waals surface area contributed by atoms with Crippen molar-refractivity contribution in [1.82, 2.24) is 0 Å². The highest BCUT2D eigenvalue weighted by molar-refractivity contribution is 6.43.